The SMILES string of the molecule is Fc1ccc(Nc2nc3nonc3nc2N/N=C/c2ccc(-c3cccc(Cl)c3)o2)cc1. The van der Waals surface area contributed by atoms with Crippen molar-refractivity contribution in [3.8, 4) is 11.3 Å². The molecule has 3 heterocycles. The van der Waals surface area contributed by atoms with Crippen LogP contribution in [0.25, 0.3) is 22.6 Å². The molecular formula is C21H13ClFN7O2. The molecule has 158 valence electrons. The quantitative estimate of drug-likeness (QED) is 0.266. The van der Waals surface area contributed by atoms with Crippen molar-refractivity contribution >= 4 is 46.4 Å². The van der Waals surface area contributed by atoms with Gasteiger partial charge in [-0.1, -0.05) is 23.7 Å². The molecule has 0 amide bonds. The maximum Gasteiger partial charge on any atom is 0.245 e. The van der Waals surface area contributed by atoms with Crippen molar-refractivity contribution in [1.29, 1.82) is 0 Å². The lowest BCUT2D eigenvalue weighted by molar-refractivity contribution is 0.314. The van der Waals surface area contributed by atoms with Crippen LogP contribution in [0.5, 0.6) is 0 Å². The zero-order valence-corrected chi connectivity index (χ0v) is 16.9. The van der Waals surface area contributed by atoms with E-state index in [9.17, 15) is 4.39 Å². The molecule has 5 rings (SSSR count). The molecule has 0 aliphatic heterocycles. The lowest BCUT2D eigenvalue weighted by atomic mass is 10.2. The number of hydrogen-bond acceptors (Lipinski definition) is 9. The third-order valence-corrected chi connectivity index (χ3v) is 4.55. The summed E-state index contributed by atoms with van der Waals surface area (Å²) in [4.78, 5) is 8.63. The van der Waals surface area contributed by atoms with E-state index in [0.29, 0.717) is 28.0 Å². The Morgan fingerprint density at radius 2 is 1.72 bits per heavy atom. The number of halogens is 2. The van der Waals surface area contributed by atoms with Gasteiger partial charge < -0.3 is 9.73 Å². The molecule has 0 saturated heterocycles. The van der Waals surface area contributed by atoms with E-state index in [1.807, 2.05) is 24.3 Å². The fourth-order valence-electron chi connectivity index (χ4n) is 2.85. The van der Waals surface area contributed by atoms with Gasteiger partial charge in [0.15, 0.2) is 11.6 Å². The van der Waals surface area contributed by atoms with E-state index in [-0.39, 0.29) is 22.9 Å². The highest BCUT2D eigenvalue weighted by atomic mass is 35.5. The minimum Gasteiger partial charge on any atom is -0.455 e. The van der Waals surface area contributed by atoms with Crippen molar-refractivity contribution in [3.05, 3.63) is 77.3 Å². The Morgan fingerprint density at radius 1 is 0.938 bits per heavy atom. The average molecular weight is 450 g/mol. The molecule has 0 atom stereocenters. The van der Waals surface area contributed by atoms with Crippen LogP contribution in [0.4, 0.5) is 21.7 Å². The fraction of sp³-hybridized carbons (Fsp3) is 0. The number of rotatable bonds is 6. The number of fused-ring (bicyclic) bond motifs is 1. The largest absolute Gasteiger partial charge is 0.455 e. The minimum atomic E-state index is -0.351. The lowest BCUT2D eigenvalue weighted by Gasteiger charge is -2.09. The van der Waals surface area contributed by atoms with Gasteiger partial charge in [-0.05, 0) is 58.8 Å². The molecule has 11 heteroatoms. The molecule has 2 N–H and O–H groups in total. The predicted octanol–water partition coefficient (Wildman–Crippen LogP) is 5.25. The number of nitrogens with one attached hydrogen (secondary N) is 2. The molecule has 32 heavy (non-hydrogen) atoms. The summed E-state index contributed by atoms with van der Waals surface area (Å²) in [6, 6.07) is 16.7. The van der Waals surface area contributed by atoms with Gasteiger partial charge >= 0.3 is 0 Å². The number of benzene rings is 2. The summed E-state index contributed by atoms with van der Waals surface area (Å²) >= 11 is 6.04. The van der Waals surface area contributed by atoms with Crippen LogP contribution in [0.15, 0.2) is 74.8 Å². The van der Waals surface area contributed by atoms with Crippen molar-refractivity contribution in [3.63, 3.8) is 0 Å². The molecule has 3 aromatic heterocycles. The van der Waals surface area contributed by atoms with Gasteiger partial charge in [0.2, 0.25) is 11.3 Å². The maximum atomic E-state index is 13.2. The Hall–Kier alpha value is -4.31. The molecule has 0 bridgehead atoms. The number of aromatic nitrogens is 4. The second kappa shape index (κ2) is 8.44. The van der Waals surface area contributed by atoms with E-state index < -0.39 is 0 Å². The van der Waals surface area contributed by atoms with Gasteiger partial charge in [0.1, 0.15) is 17.3 Å². The van der Waals surface area contributed by atoms with Gasteiger partial charge in [-0.25, -0.2) is 14.0 Å². The van der Waals surface area contributed by atoms with E-state index >= 15 is 0 Å². The standard InChI is InChI=1S/C21H13ClFN7O2/c22-13-3-1-2-12(10-13)17-9-8-16(31-17)11-24-28-19-18(25-15-6-4-14(23)5-7-15)26-20-21(27-19)30-32-29-20/h1-11H,(H,25,26,29)(H,27,28,30)/b24-11+. The molecule has 0 saturated carbocycles. The molecule has 2 aromatic carbocycles. The number of nitrogens with zero attached hydrogens (tertiary/aromatic N) is 5. The van der Waals surface area contributed by atoms with E-state index in [2.05, 4.69) is 40.8 Å². The highest BCUT2D eigenvalue weighted by Crippen LogP contribution is 2.25. The number of hydrogen-bond donors (Lipinski definition) is 2. The monoisotopic (exact) mass is 449 g/mol. The first-order valence-electron chi connectivity index (χ1n) is 9.32. The molecule has 0 fully saturated rings. The van der Waals surface area contributed by atoms with Crippen molar-refractivity contribution in [2.24, 2.45) is 5.10 Å². The summed E-state index contributed by atoms with van der Waals surface area (Å²) in [7, 11) is 0. The van der Waals surface area contributed by atoms with Crippen molar-refractivity contribution in [1.82, 2.24) is 20.3 Å². The summed E-state index contributed by atoms with van der Waals surface area (Å²) in [6.45, 7) is 0. The third-order valence-electron chi connectivity index (χ3n) is 4.32. The van der Waals surface area contributed by atoms with Crippen molar-refractivity contribution in [2.75, 3.05) is 10.7 Å². The van der Waals surface area contributed by atoms with Crippen molar-refractivity contribution < 1.29 is 13.4 Å². The van der Waals surface area contributed by atoms with E-state index in [0.717, 1.165) is 5.56 Å². The summed E-state index contributed by atoms with van der Waals surface area (Å²) in [5.41, 5.74) is 4.66. The summed E-state index contributed by atoms with van der Waals surface area (Å²) in [5.74, 6) is 1.38. The fourth-order valence-corrected chi connectivity index (χ4v) is 3.04. The van der Waals surface area contributed by atoms with Gasteiger partial charge in [-0.15, -0.1) is 0 Å². The van der Waals surface area contributed by atoms with Crippen molar-refractivity contribution in [2.45, 2.75) is 0 Å². The Morgan fingerprint density at radius 3 is 2.50 bits per heavy atom. The normalized spacial score (nSPS) is 11.3. The first-order chi connectivity index (χ1) is 15.6. The number of furan rings is 1. The van der Waals surface area contributed by atoms with Crippen LogP contribution >= 0.6 is 11.6 Å². The van der Waals surface area contributed by atoms with Crippen LogP contribution in [0.1, 0.15) is 5.76 Å². The molecule has 0 radical (unpaired) electrons. The lowest BCUT2D eigenvalue weighted by Crippen LogP contribution is -2.03. The molecule has 9 nitrogen and oxygen atoms in total. The molecular weight excluding hydrogens is 437 g/mol. The van der Waals surface area contributed by atoms with Crippen LogP contribution in [-0.2, 0) is 0 Å². The second-order valence-electron chi connectivity index (χ2n) is 6.55. The van der Waals surface area contributed by atoms with Crippen LogP contribution in [0.2, 0.25) is 5.02 Å². The molecule has 0 aliphatic rings. The van der Waals surface area contributed by atoms with Crippen LogP contribution in [0, 0.1) is 5.82 Å². The van der Waals surface area contributed by atoms with Crippen LogP contribution in [0.3, 0.4) is 0 Å². The Kier molecular flexibility index (Phi) is 5.18. The minimum absolute atomic E-state index is 0.202. The highest BCUT2D eigenvalue weighted by Gasteiger charge is 2.13. The van der Waals surface area contributed by atoms with Gasteiger partial charge in [0.25, 0.3) is 0 Å². The molecule has 0 unspecified atom stereocenters. The van der Waals surface area contributed by atoms with Crippen LogP contribution in [-0.4, -0.2) is 26.5 Å². The molecule has 0 spiro atoms. The van der Waals surface area contributed by atoms with E-state index in [4.69, 9.17) is 16.0 Å². The molecule has 0 aliphatic carbocycles. The Labute approximate surface area is 184 Å². The van der Waals surface area contributed by atoms with Crippen LogP contribution < -0.4 is 10.7 Å². The Bertz CT molecular complexity index is 1420. The summed E-state index contributed by atoms with van der Waals surface area (Å²) in [6.07, 6.45) is 1.49. The van der Waals surface area contributed by atoms with Gasteiger partial charge in [-0.3, -0.25) is 5.43 Å². The Balaban J connectivity index is 1.37. The number of anilines is 3. The topological polar surface area (TPSA) is 114 Å². The van der Waals surface area contributed by atoms with E-state index in [1.54, 1.807) is 24.3 Å². The smallest absolute Gasteiger partial charge is 0.245 e. The second-order valence-corrected chi connectivity index (χ2v) is 6.98. The predicted molar refractivity (Wildman–Crippen MR) is 117 cm³/mol. The maximum absolute atomic E-state index is 13.2. The first-order valence-corrected chi connectivity index (χ1v) is 9.69. The zero-order chi connectivity index (χ0) is 21.9. The van der Waals surface area contributed by atoms with E-state index in [1.165, 1.54) is 18.3 Å². The van der Waals surface area contributed by atoms with Gasteiger partial charge in [0.05, 0.1) is 6.21 Å². The average Bonchev–Trinajstić information content (AvgIpc) is 3.45. The number of hydrazone groups is 1. The highest BCUT2D eigenvalue weighted by molar-refractivity contribution is 6.30. The molecule has 5 aromatic rings. The summed E-state index contributed by atoms with van der Waals surface area (Å²) in [5, 5.41) is 15.2. The first kappa shape index (κ1) is 19.6. The summed E-state index contributed by atoms with van der Waals surface area (Å²) < 4.78 is 23.7. The third kappa shape index (κ3) is 4.25. The van der Waals surface area contributed by atoms with Gasteiger partial charge in [0, 0.05) is 16.3 Å². The zero-order valence-electron chi connectivity index (χ0n) is 16.2. The van der Waals surface area contributed by atoms with Gasteiger partial charge in [-0.2, -0.15) is 10.1 Å².